The van der Waals surface area contributed by atoms with Crippen LogP contribution in [0.4, 0.5) is 0 Å². The molecule has 0 aromatic rings. The highest BCUT2D eigenvalue weighted by atomic mass is 32.2. The van der Waals surface area contributed by atoms with Crippen LogP contribution in [0.3, 0.4) is 0 Å². The van der Waals surface area contributed by atoms with E-state index in [0.717, 1.165) is 10.7 Å². The minimum absolute atomic E-state index is 0.0660. The molecule has 106 valence electrons. The maximum atomic E-state index is 11.8. The lowest BCUT2D eigenvalue weighted by Crippen LogP contribution is -2.40. The Balaban J connectivity index is 2.25. The van der Waals surface area contributed by atoms with Crippen LogP contribution in [-0.4, -0.2) is 45.9 Å². The van der Waals surface area contributed by atoms with Crippen molar-refractivity contribution in [1.29, 1.82) is 0 Å². The molecule has 1 saturated carbocycles. The number of carbonyl (C=O) groups is 1. The van der Waals surface area contributed by atoms with Crippen molar-refractivity contribution in [2.45, 2.75) is 32.1 Å². The van der Waals surface area contributed by atoms with Crippen LogP contribution in [0.15, 0.2) is 0 Å². The maximum Gasteiger partial charge on any atom is 0.306 e. The van der Waals surface area contributed by atoms with Crippen LogP contribution >= 0.6 is 0 Å². The van der Waals surface area contributed by atoms with Crippen molar-refractivity contribution in [3.05, 3.63) is 0 Å². The van der Waals surface area contributed by atoms with Crippen molar-refractivity contribution < 1.29 is 17.9 Å². The van der Waals surface area contributed by atoms with Gasteiger partial charge in [-0.15, -0.1) is 0 Å². The third kappa shape index (κ3) is 4.91. The molecule has 1 aliphatic rings. The van der Waals surface area contributed by atoms with Gasteiger partial charge in [0.15, 0.2) is 0 Å². The predicted molar refractivity (Wildman–Crippen MR) is 68.1 cm³/mol. The van der Waals surface area contributed by atoms with Crippen molar-refractivity contribution >= 4 is 16.2 Å². The summed E-state index contributed by atoms with van der Waals surface area (Å²) in [4.78, 5) is 10.9. The second-order valence-electron chi connectivity index (χ2n) is 4.63. The van der Waals surface area contributed by atoms with Crippen molar-refractivity contribution in [3.8, 4) is 0 Å². The third-order valence-electron chi connectivity index (χ3n) is 3.33. The molecule has 0 radical (unpaired) electrons. The summed E-state index contributed by atoms with van der Waals surface area (Å²) >= 11 is 0. The van der Waals surface area contributed by atoms with Gasteiger partial charge in [0.1, 0.15) is 0 Å². The molecule has 0 spiro atoms. The van der Waals surface area contributed by atoms with E-state index in [1.54, 1.807) is 0 Å². The van der Waals surface area contributed by atoms with Crippen molar-refractivity contribution in [3.63, 3.8) is 0 Å². The average Bonchev–Trinajstić information content (AvgIpc) is 2.28. The number of nitrogens with one attached hydrogen (secondary N) is 1. The fourth-order valence-corrected chi connectivity index (χ4v) is 2.68. The van der Waals surface area contributed by atoms with Gasteiger partial charge in [0.05, 0.1) is 13.5 Å². The highest BCUT2D eigenvalue weighted by molar-refractivity contribution is 7.87. The first-order valence-electron chi connectivity index (χ1n) is 6.23. The second kappa shape index (κ2) is 7.06. The Morgan fingerprint density at radius 3 is 2.61 bits per heavy atom. The fraction of sp³-hybridized carbons (Fsp3) is 0.909. The molecule has 1 rings (SSSR count). The van der Waals surface area contributed by atoms with Crippen LogP contribution in [0, 0.1) is 5.92 Å². The summed E-state index contributed by atoms with van der Waals surface area (Å²) in [6, 6.07) is 0. The molecule has 0 saturated heterocycles. The van der Waals surface area contributed by atoms with E-state index in [2.05, 4.69) is 9.46 Å². The summed E-state index contributed by atoms with van der Waals surface area (Å²) in [5.74, 6) is 0.264. The molecule has 0 heterocycles. The standard InChI is InChI=1S/C11H22N2O4S/c1-13(9-7-11(14)17-2)18(15,16)12-8-6-10-4-3-5-10/h10,12H,3-9H2,1-2H3. The SMILES string of the molecule is COC(=O)CCN(C)S(=O)(=O)NCCC1CCC1. The first-order chi connectivity index (χ1) is 8.45. The number of methoxy groups -OCH3 is 1. The van der Waals surface area contributed by atoms with Crippen LogP contribution in [-0.2, 0) is 19.7 Å². The summed E-state index contributed by atoms with van der Waals surface area (Å²) in [6.45, 7) is 0.598. The maximum absolute atomic E-state index is 11.8. The average molecular weight is 278 g/mol. The Morgan fingerprint density at radius 1 is 1.44 bits per heavy atom. The molecule has 1 aliphatic carbocycles. The number of rotatable bonds is 8. The van der Waals surface area contributed by atoms with Gasteiger partial charge in [0.25, 0.3) is 10.2 Å². The van der Waals surface area contributed by atoms with Crippen LogP contribution in [0.25, 0.3) is 0 Å². The van der Waals surface area contributed by atoms with Crippen LogP contribution in [0.1, 0.15) is 32.1 Å². The number of carbonyl (C=O) groups excluding carboxylic acids is 1. The third-order valence-corrected chi connectivity index (χ3v) is 4.90. The second-order valence-corrected chi connectivity index (χ2v) is 6.49. The Morgan fingerprint density at radius 2 is 2.11 bits per heavy atom. The monoisotopic (exact) mass is 278 g/mol. The molecule has 0 aliphatic heterocycles. The number of hydrogen-bond acceptors (Lipinski definition) is 4. The zero-order valence-corrected chi connectivity index (χ0v) is 11.8. The predicted octanol–water partition coefficient (Wildman–Crippen LogP) is 0.506. The number of nitrogens with zero attached hydrogens (tertiary/aromatic N) is 1. The minimum Gasteiger partial charge on any atom is -0.469 e. The normalized spacial score (nSPS) is 16.6. The lowest BCUT2D eigenvalue weighted by molar-refractivity contribution is -0.140. The topological polar surface area (TPSA) is 75.7 Å². The van der Waals surface area contributed by atoms with Crippen LogP contribution in [0.5, 0.6) is 0 Å². The summed E-state index contributed by atoms with van der Waals surface area (Å²) < 4.78 is 31.7. The molecule has 0 aromatic heterocycles. The van der Waals surface area contributed by atoms with Gasteiger partial charge in [-0.05, 0) is 12.3 Å². The number of esters is 1. The Labute approximate surface area is 109 Å². The molecule has 6 nitrogen and oxygen atoms in total. The van der Waals surface area contributed by atoms with E-state index < -0.39 is 16.2 Å². The van der Waals surface area contributed by atoms with Crippen LogP contribution in [0.2, 0.25) is 0 Å². The van der Waals surface area contributed by atoms with Crippen molar-refractivity contribution in [1.82, 2.24) is 9.03 Å². The summed E-state index contributed by atoms with van der Waals surface area (Å²) in [5.41, 5.74) is 0. The molecule has 1 N–H and O–H groups in total. The quantitative estimate of drug-likeness (QED) is 0.656. The molecular formula is C11H22N2O4S. The van der Waals surface area contributed by atoms with Gasteiger partial charge in [-0.2, -0.15) is 12.7 Å². The van der Waals surface area contributed by atoms with Gasteiger partial charge in [-0.1, -0.05) is 19.3 Å². The van der Waals surface area contributed by atoms with Crippen molar-refractivity contribution in [2.24, 2.45) is 5.92 Å². The smallest absolute Gasteiger partial charge is 0.306 e. The molecule has 1 fully saturated rings. The summed E-state index contributed by atoms with van der Waals surface area (Å²) in [6.07, 6.45) is 4.64. The fourth-order valence-electron chi connectivity index (χ4n) is 1.75. The van der Waals surface area contributed by atoms with E-state index in [1.165, 1.54) is 33.4 Å². The molecule has 0 atom stereocenters. The van der Waals surface area contributed by atoms with E-state index >= 15 is 0 Å². The molecule has 7 heteroatoms. The molecule has 0 unspecified atom stereocenters. The lowest BCUT2D eigenvalue weighted by atomic mass is 9.83. The van der Waals surface area contributed by atoms with Gasteiger partial charge in [-0.3, -0.25) is 4.79 Å². The van der Waals surface area contributed by atoms with Crippen LogP contribution < -0.4 is 4.72 Å². The Kier molecular flexibility index (Phi) is 6.04. The van der Waals surface area contributed by atoms with Gasteiger partial charge in [-0.25, -0.2) is 4.72 Å². The zero-order chi connectivity index (χ0) is 13.6. The molecule has 0 aromatic carbocycles. The van der Waals surface area contributed by atoms with E-state index in [1.807, 2.05) is 0 Å². The Bertz CT molecular complexity index is 365. The molecule has 0 bridgehead atoms. The van der Waals surface area contributed by atoms with E-state index in [0.29, 0.717) is 12.5 Å². The highest BCUT2D eigenvalue weighted by Gasteiger charge is 2.21. The number of ether oxygens (including phenoxy) is 1. The first-order valence-corrected chi connectivity index (χ1v) is 7.67. The minimum atomic E-state index is -3.47. The summed E-state index contributed by atoms with van der Waals surface area (Å²) in [7, 11) is -0.730. The lowest BCUT2D eigenvalue weighted by Gasteiger charge is -2.25. The van der Waals surface area contributed by atoms with E-state index in [4.69, 9.17) is 0 Å². The first kappa shape index (κ1) is 15.4. The Hall–Kier alpha value is -0.660. The zero-order valence-electron chi connectivity index (χ0n) is 11.0. The summed E-state index contributed by atoms with van der Waals surface area (Å²) in [5, 5.41) is 0. The van der Waals surface area contributed by atoms with Gasteiger partial charge in [0.2, 0.25) is 0 Å². The van der Waals surface area contributed by atoms with Gasteiger partial charge < -0.3 is 4.74 Å². The van der Waals surface area contributed by atoms with Crippen molar-refractivity contribution in [2.75, 3.05) is 27.2 Å². The molecule has 18 heavy (non-hydrogen) atoms. The number of hydrogen-bond donors (Lipinski definition) is 1. The largest absolute Gasteiger partial charge is 0.469 e. The van der Waals surface area contributed by atoms with Gasteiger partial charge >= 0.3 is 5.97 Å². The molecular weight excluding hydrogens is 256 g/mol. The van der Waals surface area contributed by atoms with Gasteiger partial charge in [0, 0.05) is 20.1 Å². The molecule has 0 amide bonds. The van der Waals surface area contributed by atoms with E-state index in [-0.39, 0.29) is 13.0 Å². The van der Waals surface area contributed by atoms with E-state index in [9.17, 15) is 13.2 Å². The highest BCUT2D eigenvalue weighted by Crippen LogP contribution is 2.28.